The Hall–Kier alpha value is -2.58. The number of hydrazone groups is 1. The van der Waals surface area contributed by atoms with Gasteiger partial charge in [-0.3, -0.25) is 9.10 Å². The number of amides is 1. The number of carbonyl (C=O) groups is 1. The number of sulfonamides is 1. The standard InChI is InChI=1S/C23H20Cl3N3O3S/c1-15-3-9-22(10-4-15)33(31,32)29(21-12-19(25)11-20(26)13-21)14-23(30)28-27-16(2)17-5-7-18(24)8-6-17/h3-13H,14H2,1-2H3,(H,28,30)/b27-16-. The molecule has 0 saturated carbocycles. The maximum Gasteiger partial charge on any atom is 0.264 e. The Bertz CT molecular complexity index is 1270. The summed E-state index contributed by atoms with van der Waals surface area (Å²) in [5.41, 5.74) is 4.74. The fourth-order valence-electron chi connectivity index (χ4n) is 2.90. The summed E-state index contributed by atoms with van der Waals surface area (Å²) in [4.78, 5) is 12.7. The monoisotopic (exact) mass is 523 g/mol. The summed E-state index contributed by atoms with van der Waals surface area (Å²) in [5, 5.41) is 5.12. The number of hydrogen-bond acceptors (Lipinski definition) is 4. The van der Waals surface area contributed by atoms with Crippen molar-refractivity contribution in [3.05, 3.63) is 92.9 Å². The zero-order valence-corrected chi connectivity index (χ0v) is 20.8. The van der Waals surface area contributed by atoms with Gasteiger partial charge in [0.2, 0.25) is 0 Å². The van der Waals surface area contributed by atoms with E-state index in [-0.39, 0.29) is 20.6 Å². The van der Waals surface area contributed by atoms with E-state index in [2.05, 4.69) is 10.5 Å². The van der Waals surface area contributed by atoms with Gasteiger partial charge in [-0.05, 0) is 61.9 Å². The van der Waals surface area contributed by atoms with Crippen LogP contribution in [0.2, 0.25) is 15.1 Å². The SMILES string of the molecule is C/C(=N/NC(=O)CN(c1cc(Cl)cc(Cl)c1)S(=O)(=O)c1ccc(C)cc1)c1ccc(Cl)cc1. The third kappa shape index (κ3) is 6.48. The molecular weight excluding hydrogens is 505 g/mol. The predicted molar refractivity (Wildman–Crippen MR) is 134 cm³/mol. The lowest BCUT2D eigenvalue weighted by Crippen LogP contribution is -2.39. The molecule has 10 heteroatoms. The van der Waals surface area contributed by atoms with Crippen LogP contribution in [0.4, 0.5) is 5.69 Å². The zero-order valence-electron chi connectivity index (χ0n) is 17.7. The lowest BCUT2D eigenvalue weighted by atomic mass is 10.1. The van der Waals surface area contributed by atoms with Crippen LogP contribution in [0, 0.1) is 6.92 Å². The summed E-state index contributed by atoms with van der Waals surface area (Å²) >= 11 is 18.1. The molecule has 0 aliphatic carbocycles. The molecule has 0 aromatic heterocycles. The van der Waals surface area contributed by atoms with Gasteiger partial charge in [0, 0.05) is 15.1 Å². The molecule has 3 aromatic rings. The average Bonchev–Trinajstić information content (AvgIpc) is 2.75. The fraction of sp³-hybridized carbons (Fsp3) is 0.130. The number of rotatable bonds is 7. The molecule has 0 aliphatic heterocycles. The van der Waals surface area contributed by atoms with Crippen LogP contribution >= 0.6 is 34.8 Å². The van der Waals surface area contributed by atoms with Gasteiger partial charge in [0.1, 0.15) is 6.54 Å². The molecule has 3 rings (SSSR count). The first-order valence-corrected chi connectivity index (χ1v) is 12.3. The highest BCUT2D eigenvalue weighted by Crippen LogP contribution is 2.29. The van der Waals surface area contributed by atoms with Crippen molar-refractivity contribution in [3.8, 4) is 0 Å². The van der Waals surface area contributed by atoms with Gasteiger partial charge in [0.25, 0.3) is 15.9 Å². The fourth-order valence-corrected chi connectivity index (χ4v) is 4.95. The second-order valence-electron chi connectivity index (χ2n) is 7.19. The lowest BCUT2D eigenvalue weighted by molar-refractivity contribution is -0.119. The first-order chi connectivity index (χ1) is 15.6. The van der Waals surface area contributed by atoms with Crippen molar-refractivity contribution in [2.75, 3.05) is 10.8 Å². The molecule has 0 heterocycles. The van der Waals surface area contributed by atoms with E-state index in [1.807, 2.05) is 6.92 Å². The third-order valence-electron chi connectivity index (χ3n) is 4.64. The smallest absolute Gasteiger partial charge is 0.264 e. The van der Waals surface area contributed by atoms with Crippen molar-refractivity contribution in [1.82, 2.24) is 5.43 Å². The van der Waals surface area contributed by atoms with E-state index < -0.39 is 22.5 Å². The van der Waals surface area contributed by atoms with Crippen molar-refractivity contribution < 1.29 is 13.2 Å². The second-order valence-corrected chi connectivity index (χ2v) is 10.4. The van der Waals surface area contributed by atoms with Crippen molar-refractivity contribution in [2.45, 2.75) is 18.7 Å². The predicted octanol–water partition coefficient (Wildman–Crippen LogP) is 5.69. The van der Waals surface area contributed by atoms with Gasteiger partial charge < -0.3 is 0 Å². The van der Waals surface area contributed by atoms with Crippen molar-refractivity contribution in [2.24, 2.45) is 5.10 Å². The van der Waals surface area contributed by atoms with Crippen LogP contribution in [0.1, 0.15) is 18.1 Å². The summed E-state index contributed by atoms with van der Waals surface area (Å²) in [6.45, 7) is 3.02. The van der Waals surface area contributed by atoms with E-state index in [0.29, 0.717) is 10.7 Å². The number of benzene rings is 3. The van der Waals surface area contributed by atoms with Crippen molar-refractivity contribution in [1.29, 1.82) is 0 Å². The molecule has 0 unspecified atom stereocenters. The maximum atomic E-state index is 13.4. The number of anilines is 1. The van der Waals surface area contributed by atoms with E-state index in [9.17, 15) is 13.2 Å². The quantitative estimate of drug-likeness (QED) is 0.318. The molecular formula is C23H20Cl3N3O3S. The topological polar surface area (TPSA) is 78.8 Å². The van der Waals surface area contributed by atoms with Crippen LogP contribution in [-0.2, 0) is 14.8 Å². The van der Waals surface area contributed by atoms with E-state index in [1.54, 1.807) is 43.3 Å². The Balaban J connectivity index is 1.91. The van der Waals surface area contributed by atoms with Crippen LogP contribution in [0.5, 0.6) is 0 Å². The zero-order chi connectivity index (χ0) is 24.2. The van der Waals surface area contributed by atoms with Gasteiger partial charge in [-0.15, -0.1) is 0 Å². The number of nitrogens with one attached hydrogen (secondary N) is 1. The number of halogens is 3. The molecule has 1 amide bonds. The number of aryl methyl sites for hydroxylation is 1. The maximum absolute atomic E-state index is 13.4. The molecule has 0 saturated heterocycles. The highest BCUT2D eigenvalue weighted by Gasteiger charge is 2.27. The number of nitrogens with zero attached hydrogens (tertiary/aromatic N) is 2. The van der Waals surface area contributed by atoms with Crippen molar-refractivity contribution >= 4 is 62.1 Å². The molecule has 0 fully saturated rings. The molecule has 0 aliphatic rings. The van der Waals surface area contributed by atoms with Crippen LogP contribution in [-0.4, -0.2) is 26.6 Å². The van der Waals surface area contributed by atoms with E-state index in [4.69, 9.17) is 34.8 Å². The summed E-state index contributed by atoms with van der Waals surface area (Å²) in [5.74, 6) is -0.643. The van der Waals surface area contributed by atoms with E-state index >= 15 is 0 Å². The van der Waals surface area contributed by atoms with Crippen LogP contribution in [0.25, 0.3) is 0 Å². The highest BCUT2D eigenvalue weighted by atomic mass is 35.5. The summed E-state index contributed by atoms with van der Waals surface area (Å²) in [6, 6.07) is 17.6. The first-order valence-electron chi connectivity index (χ1n) is 9.71. The molecule has 0 atom stereocenters. The van der Waals surface area contributed by atoms with Gasteiger partial charge in [0.05, 0.1) is 16.3 Å². The molecule has 33 heavy (non-hydrogen) atoms. The molecule has 6 nitrogen and oxygen atoms in total. The summed E-state index contributed by atoms with van der Waals surface area (Å²) in [7, 11) is -4.10. The van der Waals surface area contributed by atoms with Gasteiger partial charge in [-0.2, -0.15) is 5.10 Å². The third-order valence-corrected chi connectivity index (χ3v) is 7.12. The Morgan fingerprint density at radius 1 is 0.909 bits per heavy atom. The molecule has 0 bridgehead atoms. The highest BCUT2D eigenvalue weighted by molar-refractivity contribution is 7.92. The van der Waals surface area contributed by atoms with Crippen LogP contribution < -0.4 is 9.73 Å². The lowest BCUT2D eigenvalue weighted by Gasteiger charge is -2.24. The molecule has 0 radical (unpaired) electrons. The van der Waals surface area contributed by atoms with Gasteiger partial charge in [-0.25, -0.2) is 13.8 Å². The minimum atomic E-state index is -4.10. The molecule has 0 spiro atoms. The molecule has 3 aromatic carbocycles. The molecule has 172 valence electrons. The van der Waals surface area contributed by atoms with Crippen LogP contribution in [0.15, 0.2) is 76.7 Å². The Morgan fingerprint density at radius 3 is 2.06 bits per heavy atom. The van der Waals surface area contributed by atoms with Crippen molar-refractivity contribution in [3.63, 3.8) is 0 Å². The van der Waals surface area contributed by atoms with Gasteiger partial charge >= 0.3 is 0 Å². The summed E-state index contributed by atoms with van der Waals surface area (Å²) < 4.78 is 27.8. The second kappa shape index (κ2) is 10.6. The van der Waals surface area contributed by atoms with E-state index in [0.717, 1.165) is 15.4 Å². The number of carbonyl (C=O) groups excluding carboxylic acids is 1. The van der Waals surface area contributed by atoms with Gasteiger partial charge in [-0.1, -0.05) is 64.6 Å². The minimum absolute atomic E-state index is 0.0258. The Labute approximate surface area is 207 Å². The van der Waals surface area contributed by atoms with Crippen LogP contribution in [0.3, 0.4) is 0 Å². The first kappa shape index (κ1) is 25.1. The Morgan fingerprint density at radius 2 is 1.48 bits per heavy atom. The number of hydrogen-bond donors (Lipinski definition) is 1. The van der Waals surface area contributed by atoms with E-state index in [1.165, 1.54) is 30.3 Å². The Kier molecular flexibility index (Phi) is 8.02. The average molecular weight is 525 g/mol. The largest absolute Gasteiger partial charge is 0.271 e. The normalized spacial score (nSPS) is 11.8. The summed E-state index contributed by atoms with van der Waals surface area (Å²) in [6.07, 6.45) is 0. The minimum Gasteiger partial charge on any atom is -0.271 e. The van der Waals surface area contributed by atoms with Gasteiger partial charge in [0.15, 0.2) is 0 Å². The molecule has 1 N–H and O–H groups in total.